The number of aryl methyl sites for hydroxylation is 1. The van der Waals surface area contributed by atoms with E-state index in [0.29, 0.717) is 6.61 Å². The minimum atomic E-state index is -0.188. The number of ether oxygens (including phenoxy) is 1. The lowest BCUT2D eigenvalue weighted by Crippen LogP contribution is -2.32. The van der Waals surface area contributed by atoms with Gasteiger partial charge in [0.05, 0.1) is 29.7 Å². The Kier molecular flexibility index (Phi) is 5.52. The fourth-order valence-electron chi connectivity index (χ4n) is 3.90. The Labute approximate surface area is 169 Å². The molecule has 3 aromatic rings. The van der Waals surface area contributed by atoms with E-state index < -0.39 is 0 Å². The minimum absolute atomic E-state index is 0.0658. The number of fused-ring (bicyclic) bond motifs is 4. The Morgan fingerprint density at radius 2 is 2.00 bits per heavy atom. The first kappa shape index (κ1) is 19.5. The molecule has 0 amide bonds. The fraction of sp³-hybridized carbons (Fsp3) is 0.591. The highest BCUT2D eigenvalue weighted by atomic mass is 32.1. The highest BCUT2D eigenvalue weighted by molar-refractivity contribution is 7.25. The number of hydrogen-bond donors (Lipinski definition) is 0. The second-order valence-corrected chi connectivity index (χ2v) is 9.46. The monoisotopic (exact) mass is 399 g/mol. The molecule has 6 heteroatoms. The standard InChI is InChI=1S/C22H29N3O2S/c1-4-5-6-7-8-9-10-25-14-23-18-16-11-15-13-27-22(2,3)12-17(15)24-20(16)28-19(18)21(25)26/h11,14H,4-10,12-13H2,1-3H3. The smallest absolute Gasteiger partial charge is 0.271 e. The summed E-state index contributed by atoms with van der Waals surface area (Å²) in [6, 6.07) is 2.12. The van der Waals surface area contributed by atoms with Crippen molar-refractivity contribution in [1.82, 2.24) is 14.5 Å². The van der Waals surface area contributed by atoms with Gasteiger partial charge in [0.2, 0.25) is 0 Å². The molecule has 0 bridgehead atoms. The zero-order valence-electron chi connectivity index (χ0n) is 17.1. The van der Waals surface area contributed by atoms with E-state index in [-0.39, 0.29) is 11.2 Å². The van der Waals surface area contributed by atoms with Gasteiger partial charge in [-0.25, -0.2) is 9.97 Å². The van der Waals surface area contributed by atoms with Crippen LogP contribution in [0.3, 0.4) is 0 Å². The third-order valence-corrected chi connectivity index (χ3v) is 6.65. The van der Waals surface area contributed by atoms with Crippen molar-refractivity contribution >= 4 is 31.8 Å². The molecule has 150 valence electrons. The first-order valence-corrected chi connectivity index (χ1v) is 11.2. The Morgan fingerprint density at radius 3 is 2.82 bits per heavy atom. The van der Waals surface area contributed by atoms with E-state index in [4.69, 9.17) is 9.72 Å². The third kappa shape index (κ3) is 3.85. The van der Waals surface area contributed by atoms with Gasteiger partial charge in [-0.05, 0) is 26.3 Å². The van der Waals surface area contributed by atoms with E-state index in [1.807, 2.05) is 0 Å². The van der Waals surface area contributed by atoms with Crippen LogP contribution in [0.5, 0.6) is 0 Å². The molecule has 1 aliphatic rings. The maximum absolute atomic E-state index is 13.0. The summed E-state index contributed by atoms with van der Waals surface area (Å²) in [6.45, 7) is 7.72. The van der Waals surface area contributed by atoms with Crippen molar-refractivity contribution in [3.63, 3.8) is 0 Å². The lowest BCUT2D eigenvalue weighted by atomic mass is 9.95. The average molecular weight is 400 g/mol. The number of rotatable bonds is 7. The molecule has 0 unspecified atom stereocenters. The predicted octanol–water partition coefficient (Wildman–Crippen LogP) is 5.22. The van der Waals surface area contributed by atoms with Crippen molar-refractivity contribution in [3.05, 3.63) is 34.0 Å². The second kappa shape index (κ2) is 7.91. The van der Waals surface area contributed by atoms with Crippen molar-refractivity contribution in [2.24, 2.45) is 0 Å². The summed E-state index contributed by atoms with van der Waals surface area (Å²) < 4.78 is 8.42. The lowest BCUT2D eigenvalue weighted by Gasteiger charge is -2.30. The number of nitrogens with zero attached hydrogens (tertiary/aromatic N) is 3. The van der Waals surface area contributed by atoms with Gasteiger partial charge in [0.1, 0.15) is 9.53 Å². The van der Waals surface area contributed by atoms with Gasteiger partial charge in [0.15, 0.2) is 0 Å². The molecule has 0 N–H and O–H groups in total. The van der Waals surface area contributed by atoms with E-state index in [1.165, 1.54) is 43.4 Å². The van der Waals surface area contributed by atoms with Crippen LogP contribution in [0.1, 0.15) is 70.6 Å². The summed E-state index contributed by atoms with van der Waals surface area (Å²) >= 11 is 1.48. The maximum Gasteiger partial charge on any atom is 0.271 e. The summed E-state index contributed by atoms with van der Waals surface area (Å²) in [5, 5.41) is 0.978. The molecular formula is C22H29N3O2S. The molecule has 28 heavy (non-hydrogen) atoms. The SMILES string of the molecule is CCCCCCCCn1cnc2c(sc3nc4c(cc32)COC(C)(C)C4)c1=O. The van der Waals surface area contributed by atoms with Crippen LogP contribution in [0.2, 0.25) is 0 Å². The fourth-order valence-corrected chi connectivity index (χ4v) is 4.98. The van der Waals surface area contributed by atoms with Crippen LogP contribution in [-0.2, 0) is 24.3 Å². The number of unbranched alkanes of at least 4 members (excludes halogenated alkanes) is 5. The summed E-state index contributed by atoms with van der Waals surface area (Å²) in [5.74, 6) is 0. The van der Waals surface area contributed by atoms with Gasteiger partial charge in [0, 0.05) is 23.9 Å². The summed E-state index contributed by atoms with van der Waals surface area (Å²) in [5.41, 5.74) is 2.86. The highest BCUT2D eigenvalue weighted by Crippen LogP contribution is 2.34. The van der Waals surface area contributed by atoms with Gasteiger partial charge in [-0.3, -0.25) is 9.36 Å². The molecule has 4 heterocycles. The molecule has 0 saturated carbocycles. The maximum atomic E-state index is 13.0. The molecule has 0 saturated heterocycles. The molecule has 0 aromatic carbocycles. The summed E-state index contributed by atoms with van der Waals surface area (Å²) in [4.78, 5) is 23.4. The molecule has 3 aromatic heterocycles. The topological polar surface area (TPSA) is 57.0 Å². The van der Waals surface area contributed by atoms with Crippen LogP contribution < -0.4 is 5.56 Å². The van der Waals surface area contributed by atoms with E-state index >= 15 is 0 Å². The van der Waals surface area contributed by atoms with E-state index in [0.717, 1.165) is 51.1 Å². The van der Waals surface area contributed by atoms with E-state index in [1.54, 1.807) is 10.9 Å². The van der Waals surface area contributed by atoms with E-state index in [9.17, 15) is 4.79 Å². The Hall–Kier alpha value is -1.79. The quantitative estimate of drug-likeness (QED) is 0.511. The number of aromatic nitrogens is 3. The Bertz CT molecular complexity index is 1050. The molecule has 0 atom stereocenters. The van der Waals surface area contributed by atoms with Crippen molar-refractivity contribution in [2.45, 2.75) is 84.5 Å². The second-order valence-electron chi connectivity index (χ2n) is 8.46. The predicted molar refractivity (Wildman–Crippen MR) is 115 cm³/mol. The van der Waals surface area contributed by atoms with Gasteiger partial charge >= 0.3 is 0 Å². The molecule has 1 aliphatic heterocycles. The lowest BCUT2D eigenvalue weighted by molar-refractivity contribution is -0.0411. The summed E-state index contributed by atoms with van der Waals surface area (Å²) in [6.07, 6.45) is 9.79. The van der Waals surface area contributed by atoms with Gasteiger partial charge in [-0.2, -0.15) is 0 Å². The normalized spacial score (nSPS) is 16.0. The largest absolute Gasteiger partial charge is 0.370 e. The van der Waals surface area contributed by atoms with Crippen LogP contribution in [-0.4, -0.2) is 20.1 Å². The molecule has 0 fully saturated rings. The van der Waals surface area contributed by atoms with Crippen molar-refractivity contribution in [2.75, 3.05) is 0 Å². The average Bonchev–Trinajstić information content (AvgIpc) is 3.02. The number of thiophene rings is 1. The molecular weight excluding hydrogens is 370 g/mol. The van der Waals surface area contributed by atoms with Crippen molar-refractivity contribution in [3.8, 4) is 0 Å². The van der Waals surface area contributed by atoms with Gasteiger partial charge in [-0.15, -0.1) is 11.3 Å². The molecule has 5 nitrogen and oxygen atoms in total. The van der Waals surface area contributed by atoms with Crippen LogP contribution >= 0.6 is 11.3 Å². The van der Waals surface area contributed by atoms with Gasteiger partial charge in [0.25, 0.3) is 5.56 Å². The van der Waals surface area contributed by atoms with Gasteiger partial charge in [-0.1, -0.05) is 39.0 Å². The first-order valence-electron chi connectivity index (χ1n) is 10.4. The van der Waals surface area contributed by atoms with Crippen LogP contribution in [0.25, 0.3) is 20.4 Å². The summed E-state index contributed by atoms with van der Waals surface area (Å²) in [7, 11) is 0. The van der Waals surface area contributed by atoms with Crippen LogP contribution in [0, 0.1) is 0 Å². The zero-order chi connectivity index (χ0) is 19.7. The molecule has 0 aliphatic carbocycles. The zero-order valence-corrected chi connectivity index (χ0v) is 17.9. The minimum Gasteiger partial charge on any atom is -0.370 e. The first-order chi connectivity index (χ1) is 13.5. The number of hydrogen-bond acceptors (Lipinski definition) is 5. The molecule has 4 rings (SSSR count). The molecule has 0 radical (unpaired) electrons. The van der Waals surface area contributed by atoms with Crippen LogP contribution in [0.4, 0.5) is 0 Å². The van der Waals surface area contributed by atoms with Crippen LogP contribution in [0.15, 0.2) is 17.2 Å². The third-order valence-electron chi connectivity index (χ3n) is 5.57. The van der Waals surface area contributed by atoms with Crippen molar-refractivity contribution in [1.29, 1.82) is 0 Å². The van der Waals surface area contributed by atoms with E-state index in [2.05, 4.69) is 31.8 Å². The van der Waals surface area contributed by atoms with Crippen molar-refractivity contribution < 1.29 is 4.74 Å². The molecule has 0 spiro atoms. The van der Waals surface area contributed by atoms with Gasteiger partial charge < -0.3 is 4.74 Å². The number of pyridine rings is 1. The Morgan fingerprint density at radius 1 is 1.21 bits per heavy atom. The highest BCUT2D eigenvalue weighted by Gasteiger charge is 2.28. The Balaban J connectivity index is 1.60.